The van der Waals surface area contributed by atoms with Crippen LogP contribution in [0.1, 0.15) is 11.3 Å². The molecule has 0 aliphatic rings. The third-order valence-corrected chi connectivity index (χ3v) is 4.74. The third kappa shape index (κ3) is 4.56. The van der Waals surface area contributed by atoms with Gasteiger partial charge in [0.15, 0.2) is 0 Å². The lowest BCUT2D eigenvalue weighted by atomic mass is 10.1. The number of rotatable bonds is 6. The summed E-state index contributed by atoms with van der Waals surface area (Å²) in [6, 6.07) is 20.6. The monoisotopic (exact) mass is 433 g/mol. The SMILES string of the molecule is Brc1ccc(-c2ccc(CNCCc3ccccc3)o2)c(Br)c1. The van der Waals surface area contributed by atoms with Gasteiger partial charge < -0.3 is 9.73 Å². The van der Waals surface area contributed by atoms with Crippen molar-refractivity contribution >= 4 is 31.9 Å². The van der Waals surface area contributed by atoms with Crippen LogP contribution in [0.25, 0.3) is 11.3 Å². The van der Waals surface area contributed by atoms with Crippen LogP contribution in [-0.4, -0.2) is 6.54 Å². The third-order valence-electron chi connectivity index (χ3n) is 3.59. The first-order valence-corrected chi connectivity index (χ1v) is 9.10. The van der Waals surface area contributed by atoms with Crippen LogP contribution in [0.15, 0.2) is 74.0 Å². The Hall–Kier alpha value is -1.36. The summed E-state index contributed by atoms with van der Waals surface area (Å²) in [7, 11) is 0. The number of nitrogens with one attached hydrogen (secondary N) is 1. The number of hydrogen-bond acceptors (Lipinski definition) is 2. The molecule has 118 valence electrons. The van der Waals surface area contributed by atoms with Crippen LogP contribution in [0, 0.1) is 0 Å². The molecule has 0 bridgehead atoms. The van der Waals surface area contributed by atoms with Crippen LogP contribution in [0.3, 0.4) is 0 Å². The maximum Gasteiger partial charge on any atom is 0.135 e. The average Bonchev–Trinajstić information content (AvgIpc) is 3.01. The topological polar surface area (TPSA) is 25.2 Å². The van der Waals surface area contributed by atoms with Gasteiger partial charge in [-0.1, -0.05) is 46.3 Å². The van der Waals surface area contributed by atoms with Gasteiger partial charge >= 0.3 is 0 Å². The summed E-state index contributed by atoms with van der Waals surface area (Å²) in [6.07, 6.45) is 1.02. The van der Waals surface area contributed by atoms with Gasteiger partial charge in [-0.3, -0.25) is 0 Å². The number of benzene rings is 2. The highest BCUT2D eigenvalue weighted by atomic mass is 79.9. The van der Waals surface area contributed by atoms with E-state index in [9.17, 15) is 0 Å². The van der Waals surface area contributed by atoms with Crippen molar-refractivity contribution in [3.05, 3.63) is 80.9 Å². The van der Waals surface area contributed by atoms with Crippen LogP contribution in [-0.2, 0) is 13.0 Å². The largest absolute Gasteiger partial charge is 0.460 e. The van der Waals surface area contributed by atoms with E-state index in [4.69, 9.17) is 4.42 Å². The van der Waals surface area contributed by atoms with Crippen molar-refractivity contribution in [3.8, 4) is 11.3 Å². The predicted octanol–water partition coefficient (Wildman–Crippen LogP) is 5.80. The molecule has 1 heterocycles. The number of furan rings is 1. The van der Waals surface area contributed by atoms with E-state index in [1.165, 1.54) is 5.56 Å². The van der Waals surface area contributed by atoms with Crippen LogP contribution >= 0.6 is 31.9 Å². The summed E-state index contributed by atoms with van der Waals surface area (Å²) in [5.41, 5.74) is 2.41. The fraction of sp³-hybridized carbons (Fsp3) is 0.158. The fourth-order valence-corrected chi connectivity index (χ4v) is 3.64. The Labute approximate surface area is 153 Å². The molecule has 0 spiro atoms. The normalized spacial score (nSPS) is 10.9. The van der Waals surface area contributed by atoms with E-state index in [2.05, 4.69) is 61.4 Å². The molecule has 0 amide bonds. The van der Waals surface area contributed by atoms with Gasteiger partial charge in [0.25, 0.3) is 0 Å². The molecule has 2 nitrogen and oxygen atoms in total. The predicted molar refractivity (Wildman–Crippen MR) is 101 cm³/mol. The summed E-state index contributed by atoms with van der Waals surface area (Å²) < 4.78 is 8.00. The fourth-order valence-electron chi connectivity index (χ4n) is 2.40. The first kappa shape index (κ1) is 16.5. The van der Waals surface area contributed by atoms with E-state index in [0.29, 0.717) is 0 Å². The Morgan fingerprint density at radius 2 is 1.74 bits per heavy atom. The second-order valence-electron chi connectivity index (χ2n) is 5.30. The van der Waals surface area contributed by atoms with E-state index in [1.54, 1.807) is 0 Å². The van der Waals surface area contributed by atoms with Gasteiger partial charge in [0.05, 0.1) is 6.54 Å². The van der Waals surface area contributed by atoms with Crippen molar-refractivity contribution in [2.45, 2.75) is 13.0 Å². The van der Waals surface area contributed by atoms with Crippen LogP contribution in [0.2, 0.25) is 0 Å². The second-order valence-corrected chi connectivity index (χ2v) is 7.07. The summed E-state index contributed by atoms with van der Waals surface area (Å²) in [4.78, 5) is 0. The van der Waals surface area contributed by atoms with Crippen molar-refractivity contribution in [2.75, 3.05) is 6.54 Å². The summed E-state index contributed by atoms with van der Waals surface area (Å²) >= 11 is 7.04. The molecule has 1 N–H and O–H groups in total. The van der Waals surface area contributed by atoms with Gasteiger partial charge in [-0.05, 0) is 64.8 Å². The number of halogens is 2. The first-order chi connectivity index (χ1) is 11.2. The Morgan fingerprint density at radius 3 is 2.52 bits per heavy atom. The van der Waals surface area contributed by atoms with Gasteiger partial charge in [0.2, 0.25) is 0 Å². The van der Waals surface area contributed by atoms with Gasteiger partial charge in [0, 0.05) is 14.5 Å². The molecule has 2 aromatic carbocycles. The molecule has 4 heteroatoms. The van der Waals surface area contributed by atoms with E-state index >= 15 is 0 Å². The maximum atomic E-state index is 5.93. The Bertz CT molecular complexity index is 768. The molecule has 23 heavy (non-hydrogen) atoms. The molecule has 0 unspecified atom stereocenters. The Morgan fingerprint density at radius 1 is 0.913 bits per heavy atom. The van der Waals surface area contributed by atoms with E-state index in [0.717, 1.165) is 45.5 Å². The number of hydrogen-bond donors (Lipinski definition) is 1. The second kappa shape index (κ2) is 7.95. The van der Waals surface area contributed by atoms with E-state index in [1.807, 2.05) is 36.4 Å². The van der Waals surface area contributed by atoms with Gasteiger partial charge in [-0.15, -0.1) is 0 Å². The molecular weight excluding hydrogens is 418 g/mol. The van der Waals surface area contributed by atoms with Crippen LogP contribution in [0.5, 0.6) is 0 Å². The molecule has 0 saturated carbocycles. The minimum atomic E-state index is 0.737. The van der Waals surface area contributed by atoms with Crippen molar-refractivity contribution in [1.29, 1.82) is 0 Å². The maximum absolute atomic E-state index is 5.93. The Kier molecular flexibility index (Phi) is 5.70. The molecule has 0 saturated heterocycles. The molecule has 0 fully saturated rings. The molecule has 0 aliphatic heterocycles. The lowest BCUT2D eigenvalue weighted by molar-refractivity contribution is 0.494. The standard InChI is InChI=1S/C19H17Br2NO/c20-15-6-8-17(18(21)12-15)19-9-7-16(23-19)13-22-11-10-14-4-2-1-3-5-14/h1-9,12,22H,10-11,13H2. The van der Waals surface area contributed by atoms with Crippen molar-refractivity contribution in [2.24, 2.45) is 0 Å². The molecule has 3 aromatic rings. The minimum absolute atomic E-state index is 0.737. The van der Waals surface area contributed by atoms with E-state index < -0.39 is 0 Å². The summed E-state index contributed by atoms with van der Waals surface area (Å²) in [6.45, 7) is 1.67. The molecule has 0 radical (unpaired) electrons. The smallest absolute Gasteiger partial charge is 0.135 e. The molecule has 1 aromatic heterocycles. The van der Waals surface area contributed by atoms with Crippen molar-refractivity contribution in [1.82, 2.24) is 5.32 Å². The zero-order valence-electron chi connectivity index (χ0n) is 12.6. The summed E-state index contributed by atoms with van der Waals surface area (Å²) in [5, 5.41) is 3.43. The zero-order chi connectivity index (χ0) is 16.1. The average molecular weight is 435 g/mol. The van der Waals surface area contributed by atoms with Gasteiger partial charge in [-0.25, -0.2) is 0 Å². The van der Waals surface area contributed by atoms with Crippen molar-refractivity contribution < 1.29 is 4.42 Å². The first-order valence-electron chi connectivity index (χ1n) is 7.51. The minimum Gasteiger partial charge on any atom is -0.460 e. The highest BCUT2D eigenvalue weighted by Crippen LogP contribution is 2.31. The van der Waals surface area contributed by atoms with E-state index in [-0.39, 0.29) is 0 Å². The highest BCUT2D eigenvalue weighted by Gasteiger charge is 2.08. The molecular formula is C19H17Br2NO. The molecule has 0 atom stereocenters. The summed E-state index contributed by atoms with van der Waals surface area (Å²) in [5.74, 6) is 1.83. The van der Waals surface area contributed by atoms with Crippen LogP contribution in [0.4, 0.5) is 0 Å². The zero-order valence-corrected chi connectivity index (χ0v) is 15.7. The lowest BCUT2D eigenvalue weighted by Gasteiger charge is -2.04. The quantitative estimate of drug-likeness (QED) is 0.495. The van der Waals surface area contributed by atoms with Crippen molar-refractivity contribution in [3.63, 3.8) is 0 Å². The molecule has 0 aliphatic carbocycles. The highest BCUT2D eigenvalue weighted by molar-refractivity contribution is 9.11. The van der Waals surface area contributed by atoms with Gasteiger partial charge in [0.1, 0.15) is 11.5 Å². The van der Waals surface area contributed by atoms with Crippen LogP contribution < -0.4 is 5.32 Å². The lowest BCUT2D eigenvalue weighted by Crippen LogP contribution is -2.16. The molecule has 3 rings (SSSR count). The Balaban J connectivity index is 1.55. The van der Waals surface area contributed by atoms with Gasteiger partial charge in [-0.2, -0.15) is 0 Å².